The summed E-state index contributed by atoms with van der Waals surface area (Å²) >= 11 is 0. The van der Waals surface area contributed by atoms with Crippen LogP contribution in [0.3, 0.4) is 0 Å². The smallest absolute Gasteiger partial charge is 0.168 e. The lowest BCUT2D eigenvalue weighted by Gasteiger charge is -2.29. The Labute approximate surface area is 141 Å². The Morgan fingerprint density at radius 3 is 2.62 bits per heavy atom. The minimum atomic E-state index is -0.257. The van der Waals surface area contributed by atoms with Gasteiger partial charge in [-0.15, -0.1) is 0 Å². The lowest BCUT2D eigenvalue weighted by atomic mass is 9.84. The highest BCUT2D eigenvalue weighted by atomic mass is 16.3. The zero-order valence-electron chi connectivity index (χ0n) is 14.0. The van der Waals surface area contributed by atoms with Gasteiger partial charge in [0.2, 0.25) is 0 Å². The highest BCUT2D eigenvalue weighted by molar-refractivity contribution is 6.16. The van der Waals surface area contributed by atoms with Crippen LogP contribution in [0.25, 0.3) is 0 Å². The molecule has 0 atom stereocenters. The molecule has 0 saturated carbocycles. The number of carbonyl (C=O) groups is 1. The standard InChI is InChI=1S/C20H20N2O2/c1-20(2)12-16-10-14(13-21-24)8-9-17(16)18(22-20)11-19(23)15-6-4-3-5-7-15/h3-10H,11-13H2,1-2H3. The van der Waals surface area contributed by atoms with Gasteiger partial charge < -0.3 is 0 Å². The third-order valence-electron chi connectivity index (χ3n) is 4.21. The molecule has 0 bridgehead atoms. The van der Waals surface area contributed by atoms with Crippen LogP contribution < -0.4 is 0 Å². The zero-order chi connectivity index (χ0) is 17.2. The number of nitrogens with zero attached hydrogens (tertiary/aromatic N) is 2. The van der Waals surface area contributed by atoms with Gasteiger partial charge in [0.25, 0.3) is 0 Å². The van der Waals surface area contributed by atoms with Gasteiger partial charge in [-0.3, -0.25) is 9.79 Å². The molecule has 122 valence electrons. The predicted molar refractivity (Wildman–Crippen MR) is 95.7 cm³/mol. The van der Waals surface area contributed by atoms with Gasteiger partial charge in [0, 0.05) is 5.56 Å². The third-order valence-corrected chi connectivity index (χ3v) is 4.21. The maximum absolute atomic E-state index is 12.6. The Bertz CT molecular complexity index is 808. The van der Waals surface area contributed by atoms with E-state index in [0.717, 1.165) is 28.8 Å². The van der Waals surface area contributed by atoms with Crippen molar-refractivity contribution in [3.8, 4) is 0 Å². The van der Waals surface area contributed by atoms with Crippen molar-refractivity contribution in [2.75, 3.05) is 0 Å². The molecule has 0 amide bonds. The molecular weight excluding hydrogens is 300 g/mol. The van der Waals surface area contributed by atoms with Crippen LogP contribution in [0.5, 0.6) is 0 Å². The first kappa shape index (κ1) is 16.2. The summed E-state index contributed by atoms with van der Waals surface area (Å²) in [6.45, 7) is 4.30. The van der Waals surface area contributed by atoms with Crippen molar-refractivity contribution in [1.82, 2.24) is 0 Å². The fourth-order valence-corrected chi connectivity index (χ4v) is 3.19. The molecule has 1 heterocycles. The first-order valence-corrected chi connectivity index (χ1v) is 8.07. The first-order chi connectivity index (χ1) is 11.5. The van der Waals surface area contributed by atoms with Gasteiger partial charge in [0.1, 0.15) is 6.54 Å². The number of hydrogen-bond donors (Lipinski definition) is 0. The van der Waals surface area contributed by atoms with Gasteiger partial charge in [-0.25, -0.2) is 0 Å². The highest BCUT2D eigenvalue weighted by Crippen LogP contribution is 2.29. The summed E-state index contributed by atoms with van der Waals surface area (Å²) < 4.78 is 0. The predicted octanol–water partition coefficient (Wildman–Crippen LogP) is 4.35. The van der Waals surface area contributed by atoms with Gasteiger partial charge in [0.05, 0.1) is 17.7 Å². The Balaban J connectivity index is 1.94. The molecular formula is C20H20N2O2. The third kappa shape index (κ3) is 3.48. The molecule has 1 aliphatic rings. The summed E-state index contributed by atoms with van der Waals surface area (Å²) in [6.07, 6.45) is 1.07. The molecule has 24 heavy (non-hydrogen) atoms. The zero-order valence-corrected chi connectivity index (χ0v) is 14.0. The second-order valence-electron chi connectivity index (χ2n) is 6.79. The van der Waals surface area contributed by atoms with E-state index in [9.17, 15) is 9.70 Å². The molecule has 2 aromatic carbocycles. The van der Waals surface area contributed by atoms with Crippen molar-refractivity contribution in [2.24, 2.45) is 10.2 Å². The van der Waals surface area contributed by atoms with E-state index < -0.39 is 0 Å². The summed E-state index contributed by atoms with van der Waals surface area (Å²) in [7, 11) is 0. The van der Waals surface area contributed by atoms with E-state index in [4.69, 9.17) is 4.99 Å². The monoisotopic (exact) mass is 320 g/mol. The molecule has 3 rings (SSSR count). The molecule has 0 aromatic heterocycles. The minimum Gasteiger partial charge on any atom is -0.294 e. The first-order valence-electron chi connectivity index (χ1n) is 8.07. The van der Waals surface area contributed by atoms with Crippen molar-refractivity contribution in [3.05, 3.63) is 75.7 Å². The van der Waals surface area contributed by atoms with Crippen molar-refractivity contribution in [3.63, 3.8) is 0 Å². The molecule has 4 nitrogen and oxygen atoms in total. The molecule has 4 heteroatoms. The summed E-state index contributed by atoms with van der Waals surface area (Å²) in [5.41, 5.74) is 4.30. The van der Waals surface area contributed by atoms with Crippen LogP contribution >= 0.6 is 0 Å². The molecule has 0 radical (unpaired) electrons. The maximum Gasteiger partial charge on any atom is 0.168 e. The number of Topliss-reactive ketones (excluding diaryl/α,β-unsaturated/α-hetero) is 1. The molecule has 0 spiro atoms. The molecule has 0 unspecified atom stereocenters. The molecule has 1 aliphatic heterocycles. The number of ketones is 1. The van der Waals surface area contributed by atoms with E-state index in [1.165, 1.54) is 0 Å². The second kappa shape index (κ2) is 6.48. The SMILES string of the molecule is CC1(C)Cc2cc(CN=O)ccc2C(CC(=O)c2ccccc2)=N1. The van der Waals surface area contributed by atoms with Crippen LogP contribution in [0.2, 0.25) is 0 Å². The summed E-state index contributed by atoms with van der Waals surface area (Å²) in [5.74, 6) is 0.0663. The number of benzene rings is 2. The fourth-order valence-electron chi connectivity index (χ4n) is 3.19. The number of rotatable bonds is 5. The Morgan fingerprint density at radius 2 is 1.92 bits per heavy atom. The molecule has 0 saturated heterocycles. The van der Waals surface area contributed by atoms with Crippen LogP contribution in [0, 0.1) is 4.91 Å². The van der Waals surface area contributed by atoms with Crippen LogP contribution in [0.1, 0.15) is 47.3 Å². The van der Waals surface area contributed by atoms with Crippen molar-refractivity contribution >= 4 is 11.5 Å². The second-order valence-corrected chi connectivity index (χ2v) is 6.79. The van der Waals surface area contributed by atoms with Gasteiger partial charge in [-0.2, -0.15) is 4.91 Å². The molecule has 0 fully saturated rings. The number of aliphatic imine (C=N–C) groups is 1. The van der Waals surface area contributed by atoms with E-state index in [2.05, 4.69) is 19.0 Å². The number of hydrogen-bond acceptors (Lipinski definition) is 4. The Hall–Kier alpha value is -2.62. The van der Waals surface area contributed by atoms with E-state index >= 15 is 0 Å². The van der Waals surface area contributed by atoms with Crippen molar-refractivity contribution in [1.29, 1.82) is 0 Å². The largest absolute Gasteiger partial charge is 0.294 e. The topological polar surface area (TPSA) is 58.9 Å². The van der Waals surface area contributed by atoms with Gasteiger partial charge in [-0.1, -0.05) is 53.7 Å². The average molecular weight is 320 g/mol. The molecule has 0 aliphatic carbocycles. The maximum atomic E-state index is 12.6. The lowest BCUT2D eigenvalue weighted by Crippen LogP contribution is -2.30. The molecule has 0 N–H and O–H groups in total. The van der Waals surface area contributed by atoms with Crippen LogP contribution in [0.15, 0.2) is 58.7 Å². The van der Waals surface area contributed by atoms with Gasteiger partial charge >= 0.3 is 0 Å². The number of nitroso groups, excluding NO2 is 1. The highest BCUT2D eigenvalue weighted by Gasteiger charge is 2.28. The summed E-state index contributed by atoms with van der Waals surface area (Å²) in [4.78, 5) is 27.9. The van der Waals surface area contributed by atoms with Crippen LogP contribution in [-0.4, -0.2) is 17.0 Å². The Kier molecular flexibility index (Phi) is 4.38. The summed E-state index contributed by atoms with van der Waals surface area (Å²) in [6, 6.07) is 15.2. The Morgan fingerprint density at radius 1 is 1.17 bits per heavy atom. The van der Waals surface area contributed by atoms with E-state index in [1.54, 1.807) is 0 Å². The average Bonchev–Trinajstić information content (AvgIpc) is 2.54. The normalized spacial score (nSPS) is 15.3. The van der Waals surface area contributed by atoms with Crippen LogP contribution in [0.4, 0.5) is 0 Å². The minimum absolute atomic E-state index is 0.0663. The van der Waals surface area contributed by atoms with Crippen LogP contribution in [-0.2, 0) is 13.0 Å². The number of carbonyl (C=O) groups excluding carboxylic acids is 1. The molecule has 2 aromatic rings. The van der Waals surface area contributed by atoms with Crippen molar-refractivity contribution in [2.45, 2.75) is 38.8 Å². The van der Waals surface area contributed by atoms with Gasteiger partial charge in [0.15, 0.2) is 5.78 Å². The fraction of sp³-hybridized carbons (Fsp3) is 0.300. The van der Waals surface area contributed by atoms with E-state index in [-0.39, 0.29) is 24.3 Å². The summed E-state index contributed by atoms with van der Waals surface area (Å²) in [5, 5.41) is 2.96. The van der Waals surface area contributed by atoms with Gasteiger partial charge in [-0.05, 0) is 37.0 Å². The van der Waals surface area contributed by atoms with E-state index in [1.807, 2.05) is 48.5 Å². The lowest BCUT2D eigenvalue weighted by molar-refractivity contribution is 0.100. The van der Waals surface area contributed by atoms with E-state index in [0.29, 0.717) is 5.56 Å². The van der Waals surface area contributed by atoms with Crippen molar-refractivity contribution < 1.29 is 4.79 Å². The quantitative estimate of drug-likeness (QED) is 0.607. The number of fused-ring (bicyclic) bond motifs is 1.